The van der Waals surface area contributed by atoms with Gasteiger partial charge < -0.3 is 15.1 Å². The summed E-state index contributed by atoms with van der Waals surface area (Å²) in [5, 5.41) is 7.63. The Morgan fingerprint density at radius 3 is 2.72 bits per heavy atom. The molecule has 0 saturated carbocycles. The van der Waals surface area contributed by atoms with Crippen molar-refractivity contribution in [2.45, 2.75) is 45.1 Å². The van der Waals surface area contributed by atoms with Crippen LogP contribution in [0.3, 0.4) is 0 Å². The minimum Gasteiger partial charge on any atom is -0.369 e. The maximum absolute atomic E-state index is 14.8. The number of rotatable bonds is 7. The molecule has 10 heteroatoms. The van der Waals surface area contributed by atoms with Gasteiger partial charge in [0, 0.05) is 50.2 Å². The van der Waals surface area contributed by atoms with Crippen LogP contribution >= 0.6 is 0 Å². The number of aryl methyl sites for hydroxylation is 1. The molecule has 190 valence electrons. The third-order valence-corrected chi connectivity index (χ3v) is 7.73. The summed E-state index contributed by atoms with van der Waals surface area (Å²) in [5.74, 6) is 0.749. The average Bonchev–Trinajstić information content (AvgIpc) is 3.16. The largest absolute Gasteiger partial charge is 0.369 e. The van der Waals surface area contributed by atoms with Crippen molar-refractivity contribution in [3.8, 4) is 11.3 Å². The number of fused-ring (bicyclic) bond motifs is 1. The molecule has 0 amide bonds. The summed E-state index contributed by atoms with van der Waals surface area (Å²) in [6.45, 7) is 7.76. The first-order chi connectivity index (χ1) is 17.5. The molecule has 8 nitrogen and oxygen atoms in total. The highest BCUT2D eigenvalue weighted by Gasteiger charge is 2.51. The fraction of sp³-hybridized carbons (Fsp3) is 0.538. The number of halogens is 2. The van der Waals surface area contributed by atoms with Crippen LogP contribution in [0.5, 0.6) is 0 Å². The maximum Gasteiger partial charge on any atom is 0.229 e. The summed E-state index contributed by atoms with van der Waals surface area (Å²) < 4.78 is 29.2. The van der Waals surface area contributed by atoms with E-state index in [0.29, 0.717) is 29.5 Å². The van der Waals surface area contributed by atoms with Gasteiger partial charge in [-0.1, -0.05) is 13.3 Å². The molecule has 0 unspecified atom stereocenters. The molecular weight excluding hydrogens is 462 g/mol. The third kappa shape index (κ3) is 4.31. The standard InChI is InChI=1S/C26H32F2N8/c1-18-5-2-3-10-36-24(18)20(12-31-36)23-21(28)13-30-25(33-23)32-22-7-6-19(11-29-22)35-16-26(17-35)14-34(15-26)9-4-8-27/h6-7,11-13,18H,2-5,8-10,14-17H2,1H3,(H,29,30,32,33)/t18-/m1/s1. The van der Waals surface area contributed by atoms with Crippen LogP contribution in [0.25, 0.3) is 11.3 Å². The first-order valence-corrected chi connectivity index (χ1v) is 12.9. The molecule has 6 rings (SSSR count). The highest BCUT2D eigenvalue weighted by Crippen LogP contribution is 2.42. The monoisotopic (exact) mass is 494 g/mol. The first kappa shape index (κ1) is 23.3. The van der Waals surface area contributed by atoms with E-state index in [2.05, 4.69) is 42.1 Å². The summed E-state index contributed by atoms with van der Waals surface area (Å²) in [7, 11) is 0. The lowest BCUT2D eigenvalue weighted by Crippen LogP contribution is -2.72. The lowest BCUT2D eigenvalue weighted by Gasteiger charge is -2.61. The van der Waals surface area contributed by atoms with Crippen LogP contribution in [0.4, 0.5) is 26.2 Å². The molecule has 2 saturated heterocycles. The summed E-state index contributed by atoms with van der Waals surface area (Å²) in [6.07, 6.45) is 8.68. The Balaban J connectivity index is 1.12. The molecule has 3 aromatic rings. The predicted molar refractivity (Wildman–Crippen MR) is 135 cm³/mol. The summed E-state index contributed by atoms with van der Waals surface area (Å²) in [6, 6.07) is 3.93. The SMILES string of the molecule is C[C@@H]1CCCCn2ncc(-c3nc(Nc4ccc(N5CC6(CN(CCCF)C6)C5)cn4)ncc3F)c21. The number of hydrogen-bond donors (Lipinski definition) is 1. The highest BCUT2D eigenvalue weighted by molar-refractivity contribution is 5.65. The van der Waals surface area contributed by atoms with Crippen LogP contribution in [-0.2, 0) is 6.54 Å². The number of aromatic nitrogens is 5. The minimum absolute atomic E-state index is 0.239. The van der Waals surface area contributed by atoms with E-state index >= 15 is 0 Å². The Kier molecular flexibility index (Phi) is 6.07. The first-order valence-electron chi connectivity index (χ1n) is 12.9. The molecule has 36 heavy (non-hydrogen) atoms. The zero-order chi connectivity index (χ0) is 24.7. The molecule has 0 aromatic carbocycles. The van der Waals surface area contributed by atoms with Crippen molar-refractivity contribution in [1.29, 1.82) is 0 Å². The van der Waals surface area contributed by atoms with Crippen LogP contribution in [0.2, 0.25) is 0 Å². The Bertz CT molecular complexity index is 1210. The van der Waals surface area contributed by atoms with E-state index in [-0.39, 0.29) is 12.4 Å². The Labute approximate surface area is 209 Å². The molecule has 0 bridgehead atoms. The van der Waals surface area contributed by atoms with E-state index < -0.39 is 5.82 Å². The van der Waals surface area contributed by atoms with E-state index in [9.17, 15) is 8.78 Å². The predicted octanol–water partition coefficient (Wildman–Crippen LogP) is 4.39. The normalized spacial score (nSPS) is 21.0. The zero-order valence-corrected chi connectivity index (χ0v) is 20.6. The number of nitrogens with zero attached hydrogens (tertiary/aromatic N) is 7. The molecule has 1 atom stereocenters. The molecular formula is C26H32F2N8. The van der Waals surface area contributed by atoms with Crippen LogP contribution in [-0.4, -0.2) is 69.0 Å². The van der Waals surface area contributed by atoms with E-state index in [1.54, 1.807) is 6.20 Å². The molecule has 3 aliphatic heterocycles. The molecule has 0 aliphatic carbocycles. The van der Waals surface area contributed by atoms with Crippen LogP contribution < -0.4 is 10.2 Å². The van der Waals surface area contributed by atoms with Gasteiger partial charge in [-0.15, -0.1) is 0 Å². The Morgan fingerprint density at radius 1 is 1.08 bits per heavy atom. The molecule has 1 N–H and O–H groups in total. The minimum atomic E-state index is -0.456. The van der Waals surface area contributed by atoms with Crippen molar-refractivity contribution in [2.75, 3.05) is 49.6 Å². The number of pyridine rings is 1. The molecule has 2 fully saturated rings. The summed E-state index contributed by atoms with van der Waals surface area (Å²) in [4.78, 5) is 17.8. The second-order valence-corrected chi connectivity index (χ2v) is 10.6. The van der Waals surface area contributed by atoms with Gasteiger partial charge in [0.25, 0.3) is 0 Å². The summed E-state index contributed by atoms with van der Waals surface area (Å²) in [5.41, 5.74) is 3.48. The zero-order valence-electron chi connectivity index (χ0n) is 20.6. The fourth-order valence-corrected chi connectivity index (χ4v) is 5.99. The van der Waals surface area contributed by atoms with Gasteiger partial charge in [0.05, 0.1) is 36.6 Å². The van der Waals surface area contributed by atoms with Gasteiger partial charge in [0.2, 0.25) is 5.95 Å². The topological polar surface area (TPSA) is 75.0 Å². The number of anilines is 3. The second-order valence-electron chi connectivity index (χ2n) is 10.6. The van der Waals surface area contributed by atoms with Crippen molar-refractivity contribution < 1.29 is 8.78 Å². The quantitative estimate of drug-likeness (QED) is 0.522. The lowest BCUT2D eigenvalue weighted by molar-refractivity contribution is -0.0228. The van der Waals surface area contributed by atoms with Gasteiger partial charge in [-0.3, -0.25) is 9.07 Å². The van der Waals surface area contributed by atoms with Crippen molar-refractivity contribution in [2.24, 2.45) is 5.41 Å². The van der Waals surface area contributed by atoms with Gasteiger partial charge in [0.15, 0.2) is 5.82 Å². The summed E-state index contributed by atoms with van der Waals surface area (Å²) >= 11 is 0. The van der Waals surface area contributed by atoms with Crippen molar-refractivity contribution in [3.63, 3.8) is 0 Å². The molecule has 1 spiro atoms. The smallest absolute Gasteiger partial charge is 0.229 e. The van der Waals surface area contributed by atoms with Gasteiger partial charge in [-0.05, 0) is 37.3 Å². The second kappa shape index (κ2) is 9.38. The average molecular weight is 495 g/mol. The van der Waals surface area contributed by atoms with E-state index in [0.717, 1.165) is 75.5 Å². The Morgan fingerprint density at radius 2 is 1.94 bits per heavy atom. The van der Waals surface area contributed by atoms with Crippen molar-refractivity contribution >= 4 is 17.5 Å². The maximum atomic E-state index is 14.8. The number of likely N-dealkylation sites (tertiary alicyclic amines) is 1. The van der Waals surface area contributed by atoms with E-state index in [1.165, 1.54) is 6.20 Å². The molecule has 3 aromatic heterocycles. The van der Waals surface area contributed by atoms with Crippen LogP contribution in [0, 0.1) is 11.2 Å². The van der Waals surface area contributed by atoms with Gasteiger partial charge in [-0.25, -0.2) is 19.3 Å². The van der Waals surface area contributed by atoms with E-state index in [4.69, 9.17) is 0 Å². The highest BCUT2D eigenvalue weighted by atomic mass is 19.1. The Hall–Kier alpha value is -3.14. The fourth-order valence-electron chi connectivity index (χ4n) is 5.99. The number of nitrogens with one attached hydrogen (secondary N) is 1. The third-order valence-electron chi connectivity index (χ3n) is 7.73. The molecule has 0 radical (unpaired) electrons. The molecule has 6 heterocycles. The van der Waals surface area contributed by atoms with Crippen LogP contribution in [0.15, 0.2) is 30.7 Å². The van der Waals surface area contributed by atoms with E-state index in [1.807, 2.05) is 23.0 Å². The van der Waals surface area contributed by atoms with Gasteiger partial charge in [0.1, 0.15) is 11.5 Å². The van der Waals surface area contributed by atoms with Gasteiger partial charge in [-0.2, -0.15) is 5.10 Å². The lowest BCUT2D eigenvalue weighted by atomic mass is 9.72. The van der Waals surface area contributed by atoms with Crippen molar-refractivity contribution in [3.05, 3.63) is 42.2 Å². The number of hydrogen-bond acceptors (Lipinski definition) is 7. The van der Waals surface area contributed by atoms with Crippen molar-refractivity contribution in [1.82, 2.24) is 29.6 Å². The molecule has 3 aliphatic rings. The number of alkyl halides is 1. The van der Waals surface area contributed by atoms with Crippen LogP contribution in [0.1, 0.15) is 44.2 Å². The van der Waals surface area contributed by atoms with Gasteiger partial charge >= 0.3 is 0 Å².